The summed E-state index contributed by atoms with van der Waals surface area (Å²) >= 11 is 1.67. The van der Waals surface area contributed by atoms with E-state index in [1.165, 1.54) is 5.56 Å². The number of aryl methyl sites for hydroxylation is 1. The molecule has 1 amide bonds. The number of nitrogens with one attached hydrogen (secondary N) is 1. The van der Waals surface area contributed by atoms with Crippen molar-refractivity contribution in [3.8, 4) is 5.75 Å². The molecule has 4 nitrogen and oxygen atoms in total. The number of carbonyl (C=O) groups is 1. The van der Waals surface area contributed by atoms with E-state index < -0.39 is 0 Å². The molecule has 1 heterocycles. The number of rotatable bonds is 8. The molecule has 3 aromatic rings. The third-order valence-corrected chi connectivity index (χ3v) is 4.83. The van der Waals surface area contributed by atoms with E-state index in [-0.39, 0.29) is 5.91 Å². The summed E-state index contributed by atoms with van der Waals surface area (Å²) in [6.45, 7) is 2.85. The number of furan rings is 1. The minimum atomic E-state index is -0.217. The van der Waals surface area contributed by atoms with Crippen molar-refractivity contribution in [1.29, 1.82) is 0 Å². The van der Waals surface area contributed by atoms with Crippen molar-refractivity contribution in [2.75, 3.05) is 13.2 Å². The molecule has 2 aromatic carbocycles. The van der Waals surface area contributed by atoms with Crippen LogP contribution >= 0.6 is 11.8 Å². The van der Waals surface area contributed by atoms with E-state index in [4.69, 9.17) is 9.15 Å². The van der Waals surface area contributed by atoms with Crippen LogP contribution in [0.25, 0.3) is 0 Å². The van der Waals surface area contributed by atoms with E-state index in [9.17, 15) is 4.79 Å². The lowest BCUT2D eigenvalue weighted by atomic mass is 10.2. The van der Waals surface area contributed by atoms with Crippen molar-refractivity contribution < 1.29 is 13.9 Å². The zero-order valence-corrected chi connectivity index (χ0v) is 15.4. The first-order valence-electron chi connectivity index (χ1n) is 8.44. The Morgan fingerprint density at radius 3 is 2.62 bits per heavy atom. The highest BCUT2D eigenvalue weighted by atomic mass is 32.2. The molecule has 0 unspecified atom stereocenters. The van der Waals surface area contributed by atoms with Gasteiger partial charge in [-0.05, 0) is 37.3 Å². The predicted octanol–water partition coefficient (Wildman–Crippen LogP) is 4.69. The first-order valence-corrected chi connectivity index (χ1v) is 9.43. The molecule has 0 atom stereocenters. The normalized spacial score (nSPS) is 10.5. The Morgan fingerprint density at radius 1 is 1.08 bits per heavy atom. The molecule has 0 saturated heterocycles. The van der Waals surface area contributed by atoms with Crippen LogP contribution in [0.15, 0.2) is 76.2 Å². The predicted molar refractivity (Wildman–Crippen MR) is 104 cm³/mol. The number of amides is 1. The lowest BCUT2D eigenvalue weighted by Gasteiger charge is -2.08. The number of thioether (sulfide) groups is 1. The quantitative estimate of drug-likeness (QED) is 0.464. The average molecular weight is 367 g/mol. The van der Waals surface area contributed by atoms with Gasteiger partial charge in [0.05, 0.1) is 12.8 Å². The molecule has 0 spiro atoms. The van der Waals surface area contributed by atoms with Crippen LogP contribution < -0.4 is 10.1 Å². The maximum Gasteiger partial charge on any atom is 0.287 e. The highest BCUT2D eigenvalue weighted by molar-refractivity contribution is 7.98. The molecule has 134 valence electrons. The van der Waals surface area contributed by atoms with E-state index in [0.29, 0.717) is 24.7 Å². The Labute approximate surface area is 157 Å². The van der Waals surface area contributed by atoms with Gasteiger partial charge in [0.2, 0.25) is 0 Å². The van der Waals surface area contributed by atoms with Crippen LogP contribution in [0.1, 0.15) is 21.7 Å². The summed E-state index contributed by atoms with van der Waals surface area (Å²) in [4.78, 5) is 13.5. The van der Waals surface area contributed by atoms with Crippen molar-refractivity contribution in [2.45, 2.75) is 17.6 Å². The van der Waals surface area contributed by atoms with Crippen molar-refractivity contribution in [1.82, 2.24) is 5.32 Å². The summed E-state index contributed by atoms with van der Waals surface area (Å²) in [7, 11) is 0. The van der Waals surface area contributed by atoms with E-state index in [0.717, 1.165) is 16.2 Å². The van der Waals surface area contributed by atoms with Crippen LogP contribution in [0.5, 0.6) is 5.75 Å². The summed E-state index contributed by atoms with van der Waals surface area (Å²) in [6.07, 6.45) is 1.55. The molecule has 1 N–H and O–H groups in total. The molecule has 0 bridgehead atoms. The number of hydrogen-bond acceptors (Lipinski definition) is 4. The molecule has 3 rings (SSSR count). The van der Waals surface area contributed by atoms with Crippen LogP contribution in [-0.2, 0) is 5.75 Å². The molecular formula is C21H21NO3S. The van der Waals surface area contributed by atoms with Gasteiger partial charge in [-0.1, -0.05) is 35.9 Å². The van der Waals surface area contributed by atoms with Crippen molar-refractivity contribution >= 4 is 17.7 Å². The van der Waals surface area contributed by atoms with Crippen molar-refractivity contribution in [3.05, 3.63) is 83.8 Å². The van der Waals surface area contributed by atoms with E-state index in [2.05, 4.69) is 5.32 Å². The van der Waals surface area contributed by atoms with Crippen molar-refractivity contribution in [2.24, 2.45) is 0 Å². The van der Waals surface area contributed by atoms with E-state index >= 15 is 0 Å². The van der Waals surface area contributed by atoms with Gasteiger partial charge in [-0.3, -0.25) is 4.79 Å². The Hall–Kier alpha value is -2.66. The minimum Gasteiger partial charge on any atom is -0.492 e. The molecule has 0 radical (unpaired) electrons. The maximum atomic E-state index is 12.3. The van der Waals surface area contributed by atoms with Gasteiger partial charge in [0.25, 0.3) is 5.91 Å². The smallest absolute Gasteiger partial charge is 0.287 e. The van der Waals surface area contributed by atoms with Crippen LogP contribution in [-0.4, -0.2) is 19.1 Å². The first kappa shape index (κ1) is 18.1. The van der Waals surface area contributed by atoms with Gasteiger partial charge in [-0.2, -0.15) is 0 Å². The second kappa shape index (κ2) is 9.15. The van der Waals surface area contributed by atoms with Gasteiger partial charge in [-0.15, -0.1) is 11.8 Å². The second-order valence-corrected chi connectivity index (χ2v) is 6.84. The van der Waals surface area contributed by atoms with Gasteiger partial charge in [-0.25, -0.2) is 0 Å². The molecular weight excluding hydrogens is 346 g/mol. The molecule has 26 heavy (non-hydrogen) atoms. The van der Waals surface area contributed by atoms with Gasteiger partial charge in [0, 0.05) is 16.2 Å². The zero-order valence-electron chi connectivity index (χ0n) is 14.6. The van der Waals surface area contributed by atoms with Crippen LogP contribution in [0.2, 0.25) is 0 Å². The lowest BCUT2D eigenvalue weighted by molar-refractivity contribution is 0.0918. The SMILES string of the molecule is Cc1ccc(OCCNC(=O)c2occc2CSc2ccccc2)cc1. The molecule has 5 heteroatoms. The average Bonchev–Trinajstić information content (AvgIpc) is 3.14. The third-order valence-electron chi connectivity index (χ3n) is 3.77. The summed E-state index contributed by atoms with van der Waals surface area (Å²) in [5.41, 5.74) is 2.07. The molecule has 1 aromatic heterocycles. The monoisotopic (exact) mass is 367 g/mol. The van der Waals surface area contributed by atoms with Crippen LogP contribution in [0.3, 0.4) is 0 Å². The van der Waals surface area contributed by atoms with Gasteiger partial charge in [0.1, 0.15) is 12.4 Å². The number of carbonyl (C=O) groups excluding carboxylic acids is 1. The highest BCUT2D eigenvalue weighted by Gasteiger charge is 2.15. The van der Waals surface area contributed by atoms with E-state index in [1.54, 1.807) is 18.0 Å². The fraction of sp³-hybridized carbons (Fsp3) is 0.190. The number of benzene rings is 2. The Kier molecular flexibility index (Phi) is 6.39. The summed E-state index contributed by atoms with van der Waals surface area (Å²) in [5, 5.41) is 2.84. The Bertz CT molecular complexity index is 828. The molecule has 0 aliphatic heterocycles. The molecule has 0 saturated carbocycles. The zero-order chi connectivity index (χ0) is 18.2. The summed E-state index contributed by atoms with van der Waals surface area (Å²) < 4.78 is 11.0. The molecule has 0 aliphatic carbocycles. The number of hydrogen-bond donors (Lipinski definition) is 1. The van der Waals surface area contributed by atoms with Crippen LogP contribution in [0, 0.1) is 6.92 Å². The third kappa shape index (κ3) is 5.17. The highest BCUT2D eigenvalue weighted by Crippen LogP contribution is 2.24. The fourth-order valence-corrected chi connectivity index (χ4v) is 3.27. The van der Waals surface area contributed by atoms with Gasteiger partial charge < -0.3 is 14.5 Å². The minimum absolute atomic E-state index is 0.217. The fourth-order valence-electron chi connectivity index (χ4n) is 2.37. The molecule has 0 aliphatic rings. The lowest BCUT2D eigenvalue weighted by Crippen LogP contribution is -2.28. The Balaban J connectivity index is 1.46. The summed E-state index contributed by atoms with van der Waals surface area (Å²) in [6, 6.07) is 19.7. The second-order valence-electron chi connectivity index (χ2n) is 5.79. The first-order chi connectivity index (χ1) is 12.7. The number of ether oxygens (including phenoxy) is 1. The largest absolute Gasteiger partial charge is 0.492 e. The van der Waals surface area contributed by atoms with Gasteiger partial charge in [0.15, 0.2) is 5.76 Å². The maximum absolute atomic E-state index is 12.3. The van der Waals surface area contributed by atoms with Crippen molar-refractivity contribution in [3.63, 3.8) is 0 Å². The summed E-state index contributed by atoms with van der Waals surface area (Å²) in [5.74, 6) is 1.63. The van der Waals surface area contributed by atoms with Crippen LogP contribution in [0.4, 0.5) is 0 Å². The standard InChI is InChI=1S/C21H21NO3S/c1-16-7-9-18(10-8-16)24-14-12-22-21(23)20-17(11-13-25-20)15-26-19-5-3-2-4-6-19/h2-11,13H,12,14-15H2,1H3,(H,22,23). The Morgan fingerprint density at radius 2 is 1.85 bits per heavy atom. The van der Waals surface area contributed by atoms with E-state index in [1.807, 2.05) is 67.6 Å². The topological polar surface area (TPSA) is 51.5 Å². The molecule has 0 fully saturated rings. The van der Waals surface area contributed by atoms with Gasteiger partial charge >= 0.3 is 0 Å².